The van der Waals surface area contributed by atoms with E-state index in [4.69, 9.17) is 9.72 Å². The molecule has 3 aliphatic rings. The maximum Gasteiger partial charge on any atom is 0.172 e. The van der Waals surface area contributed by atoms with Gasteiger partial charge in [-0.2, -0.15) is 0 Å². The summed E-state index contributed by atoms with van der Waals surface area (Å²) in [5.74, 6) is 2.19. The van der Waals surface area contributed by atoms with Gasteiger partial charge < -0.3 is 14.5 Å². The van der Waals surface area contributed by atoms with E-state index in [1.807, 2.05) is 0 Å². The zero-order valence-electron chi connectivity index (χ0n) is 16.7. The Balaban J connectivity index is 1.57. The summed E-state index contributed by atoms with van der Waals surface area (Å²) in [6, 6.07) is 0. The average Bonchev–Trinajstić information content (AvgIpc) is 3.18. The van der Waals surface area contributed by atoms with Crippen LogP contribution in [-0.4, -0.2) is 59.8 Å². The van der Waals surface area contributed by atoms with E-state index < -0.39 is 0 Å². The average molecular weight is 411 g/mol. The standard InChI is InChI=1S/C21H26N6OS/c1-4-8-26(9-5-1)20-18-17(23-25-24-20)16-14-6-2-3-7-15(14)19(22-21(16)29-18)27-10-12-28-13-11-27/h1-13H2. The van der Waals surface area contributed by atoms with Crippen molar-refractivity contribution >= 4 is 43.4 Å². The Morgan fingerprint density at radius 3 is 2.34 bits per heavy atom. The molecule has 3 aromatic rings. The highest BCUT2D eigenvalue weighted by molar-refractivity contribution is 7.26. The second kappa shape index (κ2) is 7.32. The van der Waals surface area contributed by atoms with Crippen molar-refractivity contribution in [2.75, 3.05) is 49.2 Å². The first-order chi connectivity index (χ1) is 14.4. The Morgan fingerprint density at radius 2 is 1.52 bits per heavy atom. The molecule has 0 saturated carbocycles. The van der Waals surface area contributed by atoms with Gasteiger partial charge in [0.1, 0.15) is 20.9 Å². The van der Waals surface area contributed by atoms with Crippen LogP contribution in [0.3, 0.4) is 0 Å². The van der Waals surface area contributed by atoms with E-state index in [9.17, 15) is 0 Å². The van der Waals surface area contributed by atoms with Gasteiger partial charge >= 0.3 is 0 Å². The third-order valence-corrected chi connectivity index (χ3v) is 7.63. The lowest BCUT2D eigenvalue weighted by atomic mass is 9.90. The van der Waals surface area contributed by atoms with Crippen LogP contribution < -0.4 is 9.80 Å². The second-order valence-electron chi connectivity index (χ2n) is 8.32. The number of aromatic nitrogens is 4. The molecule has 0 atom stereocenters. The number of hydrogen-bond donors (Lipinski definition) is 0. The number of ether oxygens (including phenoxy) is 1. The summed E-state index contributed by atoms with van der Waals surface area (Å²) in [6.45, 7) is 5.55. The Bertz CT molecular complexity index is 1050. The second-order valence-corrected chi connectivity index (χ2v) is 9.32. The fourth-order valence-electron chi connectivity index (χ4n) is 5.10. The first kappa shape index (κ1) is 17.8. The molecular weight excluding hydrogens is 384 g/mol. The lowest BCUT2D eigenvalue weighted by Crippen LogP contribution is -2.37. The molecule has 5 heterocycles. The van der Waals surface area contributed by atoms with Gasteiger partial charge in [0.25, 0.3) is 0 Å². The fraction of sp³-hybridized carbons (Fsp3) is 0.619. The highest BCUT2D eigenvalue weighted by Gasteiger charge is 2.27. The molecule has 1 aliphatic carbocycles. The molecule has 2 aliphatic heterocycles. The number of aryl methyl sites for hydroxylation is 1. The predicted molar refractivity (Wildman–Crippen MR) is 116 cm³/mol. The minimum atomic E-state index is 0.787. The zero-order valence-corrected chi connectivity index (χ0v) is 17.5. The molecule has 2 fully saturated rings. The quantitative estimate of drug-likeness (QED) is 0.642. The number of anilines is 2. The van der Waals surface area contributed by atoms with Gasteiger partial charge in [-0.05, 0) is 61.3 Å². The number of pyridine rings is 1. The van der Waals surface area contributed by atoms with E-state index in [1.165, 1.54) is 54.4 Å². The molecule has 0 spiro atoms. The van der Waals surface area contributed by atoms with Crippen molar-refractivity contribution in [2.45, 2.75) is 44.9 Å². The van der Waals surface area contributed by atoms with Crippen LogP contribution in [-0.2, 0) is 17.6 Å². The van der Waals surface area contributed by atoms with E-state index in [1.54, 1.807) is 11.3 Å². The van der Waals surface area contributed by atoms with E-state index in [2.05, 4.69) is 25.2 Å². The molecule has 0 bridgehead atoms. The molecule has 0 amide bonds. The van der Waals surface area contributed by atoms with Crippen LogP contribution in [0.1, 0.15) is 43.2 Å². The summed E-state index contributed by atoms with van der Waals surface area (Å²) < 4.78 is 6.75. The Hall–Kier alpha value is -2.06. The van der Waals surface area contributed by atoms with Crippen molar-refractivity contribution in [3.8, 4) is 0 Å². The van der Waals surface area contributed by atoms with Crippen molar-refractivity contribution in [1.82, 2.24) is 20.4 Å². The number of hydrogen-bond acceptors (Lipinski definition) is 8. The summed E-state index contributed by atoms with van der Waals surface area (Å²) in [4.78, 5) is 11.1. The van der Waals surface area contributed by atoms with Crippen molar-refractivity contribution in [3.63, 3.8) is 0 Å². The predicted octanol–water partition coefficient (Wildman–Crippen LogP) is 3.34. The summed E-state index contributed by atoms with van der Waals surface area (Å²) in [6.07, 6.45) is 8.47. The van der Waals surface area contributed by atoms with E-state index in [0.29, 0.717) is 0 Å². The minimum absolute atomic E-state index is 0.787. The van der Waals surface area contributed by atoms with Crippen molar-refractivity contribution in [2.24, 2.45) is 0 Å². The van der Waals surface area contributed by atoms with Gasteiger partial charge in [-0.15, -0.1) is 21.5 Å². The van der Waals surface area contributed by atoms with Gasteiger partial charge in [0.2, 0.25) is 0 Å². The van der Waals surface area contributed by atoms with Gasteiger partial charge in [0, 0.05) is 31.6 Å². The molecule has 0 radical (unpaired) electrons. The Labute approximate surface area is 174 Å². The monoisotopic (exact) mass is 410 g/mol. The molecule has 6 rings (SSSR count). The van der Waals surface area contributed by atoms with Crippen LogP contribution >= 0.6 is 11.3 Å². The van der Waals surface area contributed by atoms with Gasteiger partial charge in [0.05, 0.1) is 13.2 Å². The van der Waals surface area contributed by atoms with E-state index in [0.717, 1.165) is 73.1 Å². The molecule has 2 saturated heterocycles. The normalized spacial score (nSPS) is 20.4. The van der Waals surface area contributed by atoms with E-state index >= 15 is 0 Å². The van der Waals surface area contributed by atoms with Crippen molar-refractivity contribution in [3.05, 3.63) is 11.1 Å². The van der Waals surface area contributed by atoms with Crippen LogP contribution in [0, 0.1) is 0 Å². The van der Waals surface area contributed by atoms with Crippen molar-refractivity contribution in [1.29, 1.82) is 0 Å². The molecule has 7 nitrogen and oxygen atoms in total. The molecule has 8 heteroatoms. The summed E-state index contributed by atoms with van der Waals surface area (Å²) >= 11 is 1.76. The molecule has 0 aromatic carbocycles. The molecular formula is C21H26N6OS. The number of fused-ring (bicyclic) bond motifs is 5. The van der Waals surface area contributed by atoms with Gasteiger partial charge in [-0.25, -0.2) is 4.98 Å². The highest BCUT2D eigenvalue weighted by Crippen LogP contribution is 2.43. The lowest BCUT2D eigenvalue weighted by molar-refractivity contribution is 0.122. The third-order valence-electron chi connectivity index (χ3n) is 6.56. The maximum atomic E-state index is 5.58. The van der Waals surface area contributed by atoms with Gasteiger partial charge in [-0.1, -0.05) is 0 Å². The molecule has 152 valence electrons. The highest BCUT2D eigenvalue weighted by atomic mass is 32.1. The lowest BCUT2D eigenvalue weighted by Gasteiger charge is -2.31. The molecule has 0 unspecified atom stereocenters. The van der Waals surface area contributed by atoms with Crippen LogP contribution in [0.25, 0.3) is 20.4 Å². The SMILES string of the molecule is C1CCN(c2nnnc3c2sc2nc(N4CCOCC4)c4c(c23)CCCC4)CC1. The number of thiophene rings is 1. The largest absolute Gasteiger partial charge is 0.378 e. The topological polar surface area (TPSA) is 67.3 Å². The summed E-state index contributed by atoms with van der Waals surface area (Å²) in [7, 11) is 0. The number of piperidine rings is 1. The van der Waals surface area contributed by atoms with Crippen LogP contribution in [0.4, 0.5) is 11.6 Å². The minimum Gasteiger partial charge on any atom is -0.378 e. The van der Waals surface area contributed by atoms with Crippen LogP contribution in [0.2, 0.25) is 0 Å². The first-order valence-electron chi connectivity index (χ1n) is 10.9. The van der Waals surface area contributed by atoms with Gasteiger partial charge in [0.15, 0.2) is 5.82 Å². The van der Waals surface area contributed by atoms with E-state index in [-0.39, 0.29) is 0 Å². The maximum absolute atomic E-state index is 5.58. The third kappa shape index (κ3) is 2.95. The first-order valence-corrected chi connectivity index (χ1v) is 11.8. The van der Waals surface area contributed by atoms with Gasteiger partial charge in [-0.3, -0.25) is 0 Å². The zero-order chi connectivity index (χ0) is 19.2. The van der Waals surface area contributed by atoms with Crippen LogP contribution in [0.15, 0.2) is 0 Å². The number of rotatable bonds is 2. The fourth-order valence-corrected chi connectivity index (χ4v) is 6.25. The summed E-state index contributed by atoms with van der Waals surface area (Å²) in [5.41, 5.74) is 3.90. The smallest absolute Gasteiger partial charge is 0.172 e. The van der Waals surface area contributed by atoms with Crippen molar-refractivity contribution < 1.29 is 4.74 Å². The number of morpholine rings is 1. The Morgan fingerprint density at radius 1 is 0.759 bits per heavy atom. The Kier molecular flexibility index (Phi) is 4.49. The molecule has 3 aromatic heterocycles. The number of nitrogens with zero attached hydrogens (tertiary/aromatic N) is 6. The summed E-state index contributed by atoms with van der Waals surface area (Å²) in [5, 5.41) is 14.4. The molecule has 0 N–H and O–H groups in total. The van der Waals surface area contributed by atoms with Crippen LogP contribution in [0.5, 0.6) is 0 Å². The molecule has 29 heavy (non-hydrogen) atoms.